The van der Waals surface area contributed by atoms with Crippen LogP contribution in [0.2, 0.25) is 0 Å². The van der Waals surface area contributed by atoms with Gasteiger partial charge in [0.2, 0.25) is 0 Å². The number of amidine groups is 1. The maximum absolute atomic E-state index is 12.1. The number of rotatable bonds is 10. The van der Waals surface area contributed by atoms with Crippen molar-refractivity contribution < 1.29 is 14.6 Å². The number of carboxylic acid groups (broad SMARTS) is 1. The number of benzene rings is 2. The highest BCUT2D eigenvalue weighted by atomic mass is 32.1. The van der Waals surface area contributed by atoms with Crippen molar-refractivity contribution >= 4 is 34.5 Å². The highest BCUT2D eigenvalue weighted by molar-refractivity contribution is 7.18. The molecule has 0 bridgehead atoms. The second-order valence-corrected chi connectivity index (χ2v) is 10.7. The Balaban J connectivity index is 2.03. The third kappa shape index (κ3) is 7.10. The van der Waals surface area contributed by atoms with Gasteiger partial charge in [-0.15, -0.1) is 11.3 Å². The number of anilines is 1. The van der Waals surface area contributed by atoms with E-state index in [0.29, 0.717) is 17.4 Å². The molecule has 1 heterocycles. The number of ether oxygens (including phenoxy) is 1. The quantitative estimate of drug-likeness (QED) is 0.208. The summed E-state index contributed by atoms with van der Waals surface area (Å²) < 4.78 is 5.34. The summed E-state index contributed by atoms with van der Waals surface area (Å²) in [5, 5.41) is 13.2. The standard InChI is InChI=1S/C31H38N2O3S/c1-8-22-13-14-25(16-23(22)9-2)29(20(5)15-19(3)4)33-21(6)32-27-18-28(37-30(27)31(34)35)24-11-10-12-26(17-24)36-7/h10-14,16-19H,8-9,15H2,1-7H3,(H,32,33)(H,34,35)/b29-20+. The minimum Gasteiger partial charge on any atom is -0.497 e. The third-order valence-electron chi connectivity index (χ3n) is 6.24. The van der Waals surface area contributed by atoms with Gasteiger partial charge in [0.1, 0.15) is 16.5 Å². The van der Waals surface area contributed by atoms with Gasteiger partial charge in [0.25, 0.3) is 0 Å². The van der Waals surface area contributed by atoms with Crippen LogP contribution in [0.1, 0.15) is 74.3 Å². The van der Waals surface area contributed by atoms with Crippen LogP contribution in [0.3, 0.4) is 0 Å². The number of nitrogens with zero attached hydrogens (tertiary/aromatic N) is 1. The van der Waals surface area contributed by atoms with Gasteiger partial charge in [-0.3, -0.25) is 0 Å². The van der Waals surface area contributed by atoms with Crippen molar-refractivity contribution in [3.8, 4) is 16.2 Å². The molecule has 0 atom stereocenters. The normalized spacial score (nSPS) is 12.5. The average Bonchev–Trinajstić information content (AvgIpc) is 3.30. The number of hydrogen-bond acceptors (Lipinski definition) is 4. The number of allylic oxidation sites excluding steroid dienone is 1. The van der Waals surface area contributed by atoms with Crippen molar-refractivity contribution in [1.82, 2.24) is 0 Å². The SMILES string of the molecule is CCc1ccc(/C(N=C(C)Nc2cc(-c3cccc(OC)c3)sc2C(=O)O)=C(/C)CC(C)C)cc1CC. The van der Waals surface area contributed by atoms with Gasteiger partial charge in [-0.1, -0.05) is 52.0 Å². The van der Waals surface area contributed by atoms with Gasteiger partial charge < -0.3 is 15.2 Å². The maximum atomic E-state index is 12.1. The fourth-order valence-electron chi connectivity index (χ4n) is 4.51. The van der Waals surface area contributed by atoms with Crippen molar-refractivity contribution in [2.24, 2.45) is 10.9 Å². The predicted octanol–water partition coefficient (Wildman–Crippen LogP) is 8.55. The molecular formula is C31H38N2O3S. The maximum Gasteiger partial charge on any atom is 0.348 e. The molecule has 0 spiro atoms. The van der Waals surface area contributed by atoms with Gasteiger partial charge in [-0.05, 0) is 85.6 Å². The molecule has 0 amide bonds. The molecule has 0 aliphatic heterocycles. The molecular weight excluding hydrogens is 480 g/mol. The lowest BCUT2D eigenvalue weighted by molar-refractivity contribution is 0.0703. The predicted molar refractivity (Wildman–Crippen MR) is 157 cm³/mol. The molecule has 0 saturated carbocycles. The van der Waals surface area contributed by atoms with Crippen molar-refractivity contribution in [2.75, 3.05) is 12.4 Å². The lowest BCUT2D eigenvalue weighted by atomic mass is 9.95. The Morgan fingerprint density at radius 3 is 2.41 bits per heavy atom. The lowest BCUT2D eigenvalue weighted by Gasteiger charge is -2.15. The zero-order valence-electron chi connectivity index (χ0n) is 22.9. The summed E-state index contributed by atoms with van der Waals surface area (Å²) in [6.45, 7) is 12.8. The van der Waals surface area contributed by atoms with Gasteiger partial charge in [0, 0.05) is 10.4 Å². The van der Waals surface area contributed by atoms with E-state index in [1.165, 1.54) is 28.0 Å². The van der Waals surface area contributed by atoms with Crippen molar-refractivity contribution in [2.45, 2.75) is 60.8 Å². The van der Waals surface area contributed by atoms with E-state index < -0.39 is 5.97 Å². The fraction of sp³-hybridized carbons (Fsp3) is 0.355. The number of aryl methyl sites for hydroxylation is 2. The van der Waals surface area contributed by atoms with Crippen LogP contribution in [0, 0.1) is 5.92 Å². The molecule has 0 saturated heterocycles. The minimum absolute atomic E-state index is 0.248. The monoisotopic (exact) mass is 518 g/mol. The summed E-state index contributed by atoms with van der Waals surface area (Å²) in [6, 6.07) is 16.1. The fourth-order valence-corrected chi connectivity index (χ4v) is 5.46. The molecule has 196 valence electrons. The molecule has 0 aliphatic carbocycles. The van der Waals surface area contributed by atoms with Gasteiger partial charge in [0.05, 0.1) is 18.5 Å². The first-order valence-corrected chi connectivity index (χ1v) is 13.6. The van der Waals surface area contributed by atoms with Gasteiger partial charge in [-0.25, -0.2) is 9.79 Å². The van der Waals surface area contributed by atoms with Crippen LogP contribution in [-0.4, -0.2) is 24.0 Å². The van der Waals surface area contributed by atoms with Crippen LogP contribution in [0.4, 0.5) is 5.69 Å². The number of nitrogens with one attached hydrogen (secondary N) is 1. The number of aromatic carboxylic acids is 1. The highest BCUT2D eigenvalue weighted by Crippen LogP contribution is 2.36. The Morgan fingerprint density at radius 2 is 1.78 bits per heavy atom. The molecule has 37 heavy (non-hydrogen) atoms. The minimum atomic E-state index is -0.969. The van der Waals surface area contributed by atoms with Crippen LogP contribution in [0.25, 0.3) is 16.1 Å². The van der Waals surface area contributed by atoms with E-state index in [9.17, 15) is 9.90 Å². The lowest BCUT2D eigenvalue weighted by Crippen LogP contribution is -2.10. The first kappa shape index (κ1) is 28.2. The van der Waals surface area contributed by atoms with Crippen molar-refractivity contribution in [1.29, 1.82) is 0 Å². The van der Waals surface area contributed by atoms with Gasteiger partial charge >= 0.3 is 5.97 Å². The van der Waals surface area contributed by atoms with Crippen molar-refractivity contribution in [3.05, 3.63) is 75.7 Å². The summed E-state index contributed by atoms with van der Waals surface area (Å²) in [5.74, 6) is 0.906. The van der Waals surface area contributed by atoms with Crippen LogP contribution < -0.4 is 10.1 Å². The van der Waals surface area contributed by atoms with Gasteiger partial charge in [-0.2, -0.15) is 0 Å². The molecule has 6 heteroatoms. The second-order valence-electron chi connectivity index (χ2n) is 9.63. The zero-order valence-corrected chi connectivity index (χ0v) is 23.8. The largest absolute Gasteiger partial charge is 0.497 e. The Labute approximate surface area is 224 Å². The topological polar surface area (TPSA) is 70.9 Å². The van der Waals surface area contributed by atoms with E-state index in [-0.39, 0.29) is 4.88 Å². The molecule has 2 N–H and O–H groups in total. The number of thiophene rings is 1. The molecule has 2 aromatic carbocycles. The van der Waals surface area contributed by atoms with Crippen LogP contribution in [0.15, 0.2) is 59.1 Å². The summed E-state index contributed by atoms with van der Waals surface area (Å²) in [5.41, 5.74) is 7.39. The summed E-state index contributed by atoms with van der Waals surface area (Å²) >= 11 is 1.24. The highest BCUT2D eigenvalue weighted by Gasteiger charge is 2.18. The van der Waals surface area contributed by atoms with Crippen molar-refractivity contribution in [3.63, 3.8) is 0 Å². The molecule has 0 unspecified atom stereocenters. The molecule has 1 aromatic heterocycles. The number of aliphatic imine (C=N–C) groups is 1. The van der Waals surface area contributed by atoms with E-state index in [4.69, 9.17) is 9.73 Å². The smallest absolute Gasteiger partial charge is 0.348 e. The van der Waals surface area contributed by atoms with E-state index in [1.807, 2.05) is 37.3 Å². The number of carbonyl (C=O) groups is 1. The van der Waals surface area contributed by atoms with E-state index in [1.54, 1.807) is 7.11 Å². The average molecular weight is 519 g/mol. The van der Waals surface area contributed by atoms with E-state index in [2.05, 4.69) is 58.1 Å². The molecule has 0 radical (unpaired) electrons. The number of carboxylic acids is 1. The molecule has 0 aliphatic rings. The van der Waals surface area contributed by atoms with E-state index in [0.717, 1.165) is 46.7 Å². The Kier molecular flexibility index (Phi) is 9.70. The first-order valence-electron chi connectivity index (χ1n) is 12.8. The van der Waals surface area contributed by atoms with Crippen LogP contribution >= 0.6 is 11.3 Å². The van der Waals surface area contributed by atoms with Crippen LogP contribution in [0.5, 0.6) is 5.75 Å². The molecule has 3 rings (SSSR count). The third-order valence-corrected chi connectivity index (χ3v) is 7.41. The number of hydrogen-bond donors (Lipinski definition) is 2. The molecule has 0 fully saturated rings. The van der Waals surface area contributed by atoms with Gasteiger partial charge in [0.15, 0.2) is 0 Å². The Morgan fingerprint density at radius 1 is 1.05 bits per heavy atom. The first-order chi connectivity index (χ1) is 17.7. The summed E-state index contributed by atoms with van der Waals surface area (Å²) in [7, 11) is 1.62. The second kappa shape index (κ2) is 12.7. The Hall–Kier alpha value is -3.38. The van der Waals surface area contributed by atoms with E-state index >= 15 is 0 Å². The van der Waals surface area contributed by atoms with Crippen LogP contribution in [-0.2, 0) is 12.8 Å². The Bertz CT molecular complexity index is 1320. The number of methoxy groups -OCH3 is 1. The molecule has 5 nitrogen and oxygen atoms in total. The summed E-state index contributed by atoms with van der Waals surface area (Å²) in [4.78, 5) is 18.2. The summed E-state index contributed by atoms with van der Waals surface area (Å²) in [6.07, 6.45) is 2.91. The molecule has 3 aromatic rings. The zero-order chi connectivity index (χ0) is 27.1.